The zero-order valence-corrected chi connectivity index (χ0v) is 11.6. The van der Waals surface area contributed by atoms with E-state index in [9.17, 15) is 0 Å². The van der Waals surface area contributed by atoms with Crippen molar-refractivity contribution in [3.8, 4) is 0 Å². The molecule has 2 aliphatic rings. The van der Waals surface area contributed by atoms with Crippen LogP contribution in [0.5, 0.6) is 0 Å². The Labute approximate surface area is 107 Å². The van der Waals surface area contributed by atoms with Gasteiger partial charge in [0.15, 0.2) is 0 Å². The maximum Gasteiger partial charge on any atom is 0.0221 e. The molecule has 2 rings (SSSR count). The third-order valence-electron chi connectivity index (χ3n) is 4.65. The van der Waals surface area contributed by atoms with Crippen molar-refractivity contribution in [1.29, 1.82) is 0 Å². The highest BCUT2D eigenvalue weighted by Crippen LogP contribution is 2.19. The topological polar surface area (TPSA) is 15.3 Å². The zero-order chi connectivity index (χ0) is 11.9. The second kappa shape index (κ2) is 7.38. The molecule has 2 heteroatoms. The van der Waals surface area contributed by atoms with Crippen molar-refractivity contribution in [3.05, 3.63) is 0 Å². The number of hydrogen-bond donors (Lipinski definition) is 1. The van der Waals surface area contributed by atoms with Crippen molar-refractivity contribution < 1.29 is 0 Å². The van der Waals surface area contributed by atoms with E-state index in [-0.39, 0.29) is 0 Å². The SMILES string of the molecule is CCN1CCCC1CNC1CCCCCCC1. The summed E-state index contributed by atoms with van der Waals surface area (Å²) >= 11 is 0. The van der Waals surface area contributed by atoms with E-state index in [0.29, 0.717) is 0 Å². The summed E-state index contributed by atoms with van der Waals surface area (Å²) in [4.78, 5) is 2.65. The van der Waals surface area contributed by atoms with Gasteiger partial charge in [-0.3, -0.25) is 4.90 Å². The van der Waals surface area contributed by atoms with E-state index in [4.69, 9.17) is 0 Å². The largest absolute Gasteiger partial charge is 0.312 e. The molecule has 17 heavy (non-hydrogen) atoms. The first-order valence-electron chi connectivity index (χ1n) is 7.87. The Morgan fingerprint density at radius 1 is 0.941 bits per heavy atom. The van der Waals surface area contributed by atoms with Crippen LogP contribution in [-0.2, 0) is 0 Å². The van der Waals surface area contributed by atoms with E-state index < -0.39 is 0 Å². The van der Waals surface area contributed by atoms with Gasteiger partial charge in [-0.1, -0.05) is 39.0 Å². The fourth-order valence-electron chi connectivity index (χ4n) is 3.51. The Bertz CT molecular complexity index is 197. The number of likely N-dealkylation sites (tertiary alicyclic amines) is 1. The standard InChI is InChI=1S/C15H30N2/c1-2-17-12-8-11-15(17)13-16-14-9-6-4-3-5-7-10-14/h14-16H,2-13H2,1H3. The molecular formula is C15H30N2. The molecule has 1 aliphatic heterocycles. The van der Waals surface area contributed by atoms with Crippen LogP contribution in [-0.4, -0.2) is 36.6 Å². The molecule has 0 radical (unpaired) electrons. The van der Waals surface area contributed by atoms with Crippen LogP contribution in [0.25, 0.3) is 0 Å². The van der Waals surface area contributed by atoms with E-state index in [1.165, 1.54) is 77.4 Å². The van der Waals surface area contributed by atoms with Gasteiger partial charge in [0.05, 0.1) is 0 Å². The Hall–Kier alpha value is -0.0800. The molecule has 0 bridgehead atoms. The lowest BCUT2D eigenvalue weighted by molar-refractivity contribution is 0.247. The molecule has 0 aromatic rings. The molecule has 2 nitrogen and oxygen atoms in total. The van der Waals surface area contributed by atoms with Crippen LogP contribution in [0.1, 0.15) is 64.7 Å². The fourth-order valence-corrected chi connectivity index (χ4v) is 3.51. The summed E-state index contributed by atoms with van der Waals surface area (Å²) in [5, 5.41) is 3.85. The molecule has 1 unspecified atom stereocenters. The lowest BCUT2D eigenvalue weighted by Crippen LogP contribution is -2.41. The first-order chi connectivity index (χ1) is 8.40. The van der Waals surface area contributed by atoms with E-state index >= 15 is 0 Å². The molecule has 1 saturated heterocycles. The monoisotopic (exact) mass is 238 g/mol. The van der Waals surface area contributed by atoms with Gasteiger partial charge >= 0.3 is 0 Å². The van der Waals surface area contributed by atoms with Gasteiger partial charge < -0.3 is 5.32 Å². The average molecular weight is 238 g/mol. The van der Waals surface area contributed by atoms with Crippen LogP contribution < -0.4 is 5.32 Å². The molecule has 0 aromatic heterocycles. The molecule has 1 heterocycles. The highest BCUT2D eigenvalue weighted by Gasteiger charge is 2.23. The molecule has 1 atom stereocenters. The van der Waals surface area contributed by atoms with Crippen LogP contribution >= 0.6 is 0 Å². The van der Waals surface area contributed by atoms with Crippen molar-refractivity contribution in [2.24, 2.45) is 0 Å². The highest BCUT2D eigenvalue weighted by molar-refractivity contribution is 4.82. The van der Waals surface area contributed by atoms with Gasteiger partial charge in [0.2, 0.25) is 0 Å². The van der Waals surface area contributed by atoms with E-state index in [1.807, 2.05) is 0 Å². The minimum atomic E-state index is 0.814. The van der Waals surface area contributed by atoms with E-state index in [0.717, 1.165) is 12.1 Å². The first-order valence-corrected chi connectivity index (χ1v) is 7.87. The minimum absolute atomic E-state index is 0.814. The van der Waals surface area contributed by atoms with E-state index in [2.05, 4.69) is 17.1 Å². The van der Waals surface area contributed by atoms with Gasteiger partial charge in [0, 0.05) is 18.6 Å². The van der Waals surface area contributed by atoms with Gasteiger partial charge in [-0.2, -0.15) is 0 Å². The Balaban J connectivity index is 1.68. The number of hydrogen-bond acceptors (Lipinski definition) is 2. The van der Waals surface area contributed by atoms with Gasteiger partial charge in [-0.15, -0.1) is 0 Å². The maximum absolute atomic E-state index is 3.85. The molecule has 1 aliphatic carbocycles. The van der Waals surface area contributed by atoms with Gasteiger partial charge in [0.1, 0.15) is 0 Å². The number of nitrogens with zero attached hydrogens (tertiary/aromatic N) is 1. The first kappa shape index (κ1) is 13.4. The molecule has 0 amide bonds. The molecule has 0 aromatic carbocycles. The quantitative estimate of drug-likeness (QED) is 0.809. The number of rotatable bonds is 4. The third-order valence-corrected chi connectivity index (χ3v) is 4.65. The summed E-state index contributed by atoms with van der Waals surface area (Å²) in [6.07, 6.45) is 12.9. The van der Waals surface area contributed by atoms with Gasteiger partial charge in [-0.25, -0.2) is 0 Å². The van der Waals surface area contributed by atoms with Crippen LogP contribution in [0.2, 0.25) is 0 Å². The second-order valence-electron chi connectivity index (χ2n) is 5.87. The lowest BCUT2D eigenvalue weighted by atomic mass is 9.96. The summed E-state index contributed by atoms with van der Waals surface area (Å²) in [5.41, 5.74) is 0. The summed E-state index contributed by atoms with van der Waals surface area (Å²) in [6.45, 7) is 6.09. The van der Waals surface area contributed by atoms with Crippen LogP contribution in [0.15, 0.2) is 0 Å². The molecule has 2 fully saturated rings. The van der Waals surface area contributed by atoms with E-state index in [1.54, 1.807) is 0 Å². The molecule has 1 N–H and O–H groups in total. The van der Waals surface area contributed by atoms with Crippen molar-refractivity contribution in [2.45, 2.75) is 76.8 Å². The Kier molecular flexibility index (Phi) is 5.79. The van der Waals surface area contributed by atoms with Crippen molar-refractivity contribution in [3.63, 3.8) is 0 Å². The zero-order valence-electron chi connectivity index (χ0n) is 11.6. The van der Waals surface area contributed by atoms with Gasteiger partial charge in [-0.05, 0) is 38.8 Å². The fraction of sp³-hybridized carbons (Fsp3) is 1.00. The molecular weight excluding hydrogens is 208 g/mol. The molecule has 0 spiro atoms. The summed E-state index contributed by atoms with van der Waals surface area (Å²) < 4.78 is 0. The van der Waals surface area contributed by atoms with Crippen molar-refractivity contribution in [1.82, 2.24) is 10.2 Å². The van der Waals surface area contributed by atoms with Gasteiger partial charge in [0.25, 0.3) is 0 Å². The summed E-state index contributed by atoms with van der Waals surface area (Å²) in [6, 6.07) is 1.64. The lowest BCUT2D eigenvalue weighted by Gasteiger charge is -2.27. The van der Waals surface area contributed by atoms with Crippen molar-refractivity contribution >= 4 is 0 Å². The average Bonchev–Trinajstić information content (AvgIpc) is 2.75. The maximum atomic E-state index is 3.85. The predicted octanol–water partition coefficient (Wildman–Crippen LogP) is 3.17. The van der Waals surface area contributed by atoms with Crippen LogP contribution in [0, 0.1) is 0 Å². The Morgan fingerprint density at radius 2 is 1.65 bits per heavy atom. The number of nitrogens with one attached hydrogen (secondary N) is 1. The normalized spacial score (nSPS) is 29.1. The summed E-state index contributed by atoms with van der Waals surface area (Å²) in [7, 11) is 0. The van der Waals surface area contributed by atoms with Crippen molar-refractivity contribution in [2.75, 3.05) is 19.6 Å². The second-order valence-corrected chi connectivity index (χ2v) is 5.87. The third kappa shape index (κ3) is 4.26. The molecule has 1 saturated carbocycles. The predicted molar refractivity (Wildman–Crippen MR) is 74.4 cm³/mol. The number of likely N-dealkylation sites (N-methyl/N-ethyl adjacent to an activating group) is 1. The highest BCUT2D eigenvalue weighted by atomic mass is 15.2. The van der Waals surface area contributed by atoms with Crippen LogP contribution in [0.4, 0.5) is 0 Å². The minimum Gasteiger partial charge on any atom is -0.312 e. The van der Waals surface area contributed by atoms with Crippen LogP contribution in [0.3, 0.4) is 0 Å². The smallest absolute Gasteiger partial charge is 0.0221 e. The summed E-state index contributed by atoms with van der Waals surface area (Å²) in [5.74, 6) is 0. The Morgan fingerprint density at radius 3 is 2.35 bits per heavy atom. The molecule has 100 valence electrons.